The number of likely N-dealkylation sites (tertiary alicyclic amines) is 1. The first-order valence-corrected chi connectivity index (χ1v) is 9.61. The summed E-state index contributed by atoms with van der Waals surface area (Å²) < 4.78 is 17.0. The van der Waals surface area contributed by atoms with Crippen LogP contribution in [0, 0.1) is 6.92 Å². The Morgan fingerprint density at radius 1 is 1.22 bits per heavy atom. The maximum Gasteiger partial charge on any atom is 0.226 e. The molecule has 2 aromatic rings. The molecule has 0 radical (unpaired) electrons. The maximum absolute atomic E-state index is 12.6. The van der Waals surface area contributed by atoms with Crippen molar-refractivity contribution in [3.63, 3.8) is 0 Å². The van der Waals surface area contributed by atoms with Crippen molar-refractivity contribution in [2.24, 2.45) is 0 Å². The van der Waals surface area contributed by atoms with Gasteiger partial charge in [-0.05, 0) is 56.9 Å². The van der Waals surface area contributed by atoms with E-state index in [2.05, 4.69) is 4.98 Å². The molecule has 4 rings (SSSR count). The van der Waals surface area contributed by atoms with Gasteiger partial charge in [0.15, 0.2) is 0 Å². The van der Waals surface area contributed by atoms with Gasteiger partial charge in [-0.25, -0.2) is 4.98 Å². The van der Waals surface area contributed by atoms with Gasteiger partial charge in [0, 0.05) is 25.1 Å². The lowest BCUT2D eigenvalue weighted by Gasteiger charge is -2.26. The Balaban J connectivity index is 1.48. The quantitative estimate of drug-likeness (QED) is 0.821. The molecule has 1 aromatic heterocycles. The second-order valence-electron chi connectivity index (χ2n) is 7.45. The van der Waals surface area contributed by atoms with Crippen molar-refractivity contribution in [2.75, 3.05) is 20.3 Å². The molecule has 27 heavy (non-hydrogen) atoms. The molecule has 0 aliphatic carbocycles. The van der Waals surface area contributed by atoms with Gasteiger partial charge in [-0.15, -0.1) is 0 Å². The Labute approximate surface area is 159 Å². The van der Waals surface area contributed by atoms with Crippen molar-refractivity contribution in [3.05, 3.63) is 35.7 Å². The molecule has 6 nitrogen and oxygen atoms in total. The van der Waals surface area contributed by atoms with E-state index in [-0.39, 0.29) is 11.5 Å². The maximum atomic E-state index is 12.6. The summed E-state index contributed by atoms with van der Waals surface area (Å²) in [5.74, 6) is 2.30. The Hall–Kier alpha value is -2.34. The molecule has 144 valence electrons. The van der Waals surface area contributed by atoms with E-state index in [1.54, 1.807) is 7.11 Å². The third-order valence-electron chi connectivity index (χ3n) is 5.74. The molecule has 6 heteroatoms. The fraction of sp³-hybridized carbons (Fsp3) is 0.524. The van der Waals surface area contributed by atoms with Crippen LogP contribution in [0.4, 0.5) is 0 Å². The first kappa shape index (κ1) is 18.0. The van der Waals surface area contributed by atoms with Gasteiger partial charge < -0.3 is 18.8 Å². The number of amides is 1. The zero-order chi connectivity index (χ0) is 18.9. The lowest BCUT2D eigenvalue weighted by atomic mass is 9.92. The van der Waals surface area contributed by atoms with E-state index in [4.69, 9.17) is 13.9 Å². The number of rotatable bonds is 4. The standard InChI is InChI=1S/C21H26N2O4/c1-15-18(22-20(27-15)16-4-6-17(25-2)7-5-16)14-23-12-11-21(9-3-13-26-21)10-8-19(23)24/h4-7H,3,8-14H2,1-2H3/t21-/m1/s1. The Morgan fingerprint density at radius 2 is 2.04 bits per heavy atom. The van der Waals surface area contributed by atoms with Crippen LogP contribution in [0.25, 0.3) is 11.5 Å². The minimum Gasteiger partial charge on any atom is -0.497 e. The molecule has 1 spiro atoms. The van der Waals surface area contributed by atoms with Gasteiger partial charge in [0.1, 0.15) is 17.2 Å². The highest BCUT2D eigenvalue weighted by Crippen LogP contribution is 2.36. The van der Waals surface area contributed by atoms with Crippen LogP contribution in [-0.2, 0) is 16.1 Å². The Morgan fingerprint density at radius 3 is 2.74 bits per heavy atom. The molecule has 1 amide bonds. The summed E-state index contributed by atoms with van der Waals surface area (Å²) in [5, 5.41) is 0. The van der Waals surface area contributed by atoms with Gasteiger partial charge in [0.25, 0.3) is 0 Å². The highest BCUT2D eigenvalue weighted by molar-refractivity contribution is 5.76. The topological polar surface area (TPSA) is 64.8 Å². The fourth-order valence-corrected chi connectivity index (χ4v) is 4.01. The van der Waals surface area contributed by atoms with Gasteiger partial charge in [0.05, 0.1) is 19.3 Å². The molecule has 1 atom stereocenters. The van der Waals surface area contributed by atoms with E-state index in [0.29, 0.717) is 25.4 Å². The number of carbonyl (C=O) groups excluding carboxylic acids is 1. The van der Waals surface area contributed by atoms with Crippen LogP contribution in [0.5, 0.6) is 5.75 Å². The number of aromatic nitrogens is 1. The minimum absolute atomic E-state index is 0.0858. The van der Waals surface area contributed by atoms with E-state index >= 15 is 0 Å². The van der Waals surface area contributed by atoms with Gasteiger partial charge in [-0.3, -0.25) is 4.79 Å². The molecule has 2 aliphatic heterocycles. The number of benzene rings is 1. The van der Waals surface area contributed by atoms with Crippen LogP contribution in [0.2, 0.25) is 0 Å². The van der Waals surface area contributed by atoms with Crippen molar-refractivity contribution in [3.8, 4) is 17.2 Å². The molecule has 2 aliphatic rings. The van der Waals surface area contributed by atoms with Gasteiger partial charge in [-0.1, -0.05) is 0 Å². The third-order valence-corrected chi connectivity index (χ3v) is 5.74. The molecule has 3 heterocycles. The predicted octanol–water partition coefficient (Wildman–Crippen LogP) is 3.72. The average Bonchev–Trinajstić information content (AvgIpc) is 3.26. The number of carbonyl (C=O) groups is 1. The number of hydrogen-bond donors (Lipinski definition) is 0. The predicted molar refractivity (Wildman–Crippen MR) is 100 cm³/mol. The van der Waals surface area contributed by atoms with Crippen molar-refractivity contribution in [2.45, 2.75) is 51.2 Å². The van der Waals surface area contributed by atoms with Crippen LogP contribution in [0.15, 0.2) is 28.7 Å². The minimum atomic E-state index is -0.0858. The van der Waals surface area contributed by atoms with Gasteiger partial charge in [-0.2, -0.15) is 0 Å². The molecule has 0 bridgehead atoms. The molecule has 2 fully saturated rings. The number of ether oxygens (including phenoxy) is 2. The van der Waals surface area contributed by atoms with Crippen molar-refractivity contribution in [1.29, 1.82) is 0 Å². The fourth-order valence-electron chi connectivity index (χ4n) is 4.01. The number of hydrogen-bond acceptors (Lipinski definition) is 5. The number of aryl methyl sites for hydroxylation is 1. The van der Waals surface area contributed by atoms with Crippen LogP contribution in [-0.4, -0.2) is 41.7 Å². The monoisotopic (exact) mass is 370 g/mol. The molecule has 1 aromatic carbocycles. The number of methoxy groups -OCH3 is 1. The van der Waals surface area contributed by atoms with Crippen molar-refractivity contribution < 1.29 is 18.7 Å². The van der Waals surface area contributed by atoms with E-state index in [0.717, 1.165) is 55.1 Å². The van der Waals surface area contributed by atoms with Crippen molar-refractivity contribution >= 4 is 5.91 Å². The van der Waals surface area contributed by atoms with Gasteiger partial charge >= 0.3 is 0 Å². The summed E-state index contributed by atoms with van der Waals surface area (Å²) in [4.78, 5) is 19.2. The molecule has 2 saturated heterocycles. The lowest BCUT2D eigenvalue weighted by molar-refractivity contribution is -0.131. The first-order valence-electron chi connectivity index (χ1n) is 9.61. The normalized spacial score (nSPS) is 23.0. The SMILES string of the molecule is COc1ccc(-c2nc(CN3CC[C@@]4(CCCO4)CCC3=O)c(C)o2)cc1. The van der Waals surface area contributed by atoms with Gasteiger partial charge in [0.2, 0.25) is 11.8 Å². The number of oxazole rings is 1. The zero-order valence-electron chi connectivity index (χ0n) is 16.0. The van der Waals surface area contributed by atoms with Crippen LogP contribution >= 0.6 is 0 Å². The van der Waals surface area contributed by atoms with E-state index < -0.39 is 0 Å². The summed E-state index contributed by atoms with van der Waals surface area (Å²) in [6.07, 6.45) is 4.45. The molecule has 0 saturated carbocycles. The third kappa shape index (κ3) is 3.72. The molecular weight excluding hydrogens is 344 g/mol. The zero-order valence-corrected chi connectivity index (χ0v) is 16.0. The summed E-state index contributed by atoms with van der Waals surface area (Å²) in [6.45, 7) is 3.92. The summed E-state index contributed by atoms with van der Waals surface area (Å²) in [7, 11) is 1.64. The van der Waals surface area contributed by atoms with E-state index in [1.807, 2.05) is 36.1 Å². The highest BCUT2D eigenvalue weighted by atomic mass is 16.5. The van der Waals surface area contributed by atoms with E-state index in [1.165, 1.54) is 0 Å². The van der Waals surface area contributed by atoms with E-state index in [9.17, 15) is 4.79 Å². The molecule has 0 unspecified atom stereocenters. The first-order chi connectivity index (χ1) is 13.1. The molecule has 0 N–H and O–H groups in total. The summed E-state index contributed by atoms with van der Waals surface area (Å²) >= 11 is 0. The molecular formula is C21H26N2O4. The van der Waals surface area contributed by atoms with Crippen LogP contribution in [0.1, 0.15) is 43.6 Å². The Bertz CT molecular complexity index is 806. The average molecular weight is 370 g/mol. The number of nitrogens with zero attached hydrogens (tertiary/aromatic N) is 2. The van der Waals surface area contributed by atoms with Crippen LogP contribution < -0.4 is 4.74 Å². The smallest absolute Gasteiger partial charge is 0.226 e. The highest BCUT2D eigenvalue weighted by Gasteiger charge is 2.38. The Kier molecular flexibility index (Phi) is 4.91. The van der Waals surface area contributed by atoms with Crippen LogP contribution in [0.3, 0.4) is 0 Å². The second-order valence-corrected chi connectivity index (χ2v) is 7.45. The second kappa shape index (κ2) is 7.35. The largest absolute Gasteiger partial charge is 0.497 e. The summed E-state index contributed by atoms with van der Waals surface area (Å²) in [5.41, 5.74) is 1.63. The lowest BCUT2D eigenvalue weighted by Crippen LogP contribution is -2.32. The summed E-state index contributed by atoms with van der Waals surface area (Å²) in [6, 6.07) is 7.61. The van der Waals surface area contributed by atoms with Crippen molar-refractivity contribution in [1.82, 2.24) is 9.88 Å².